The molecule has 2 heterocycles. The van der Waals surface area contributed by atoms with Crippen LogP contribution in [0.1, 0.15) is 28.8 Å². The fraction of sp³-hybridized carbons (Fsp3) is 0.462. The van der Waals surface area contributed by atoms with Crippen molar-refractivity contribution in [2.24, 2.45) is 11.7 Å². The highest BCUT2D eigenvalue weighted by Crippen LogP contribution is 2.48. The summed E-state index contributed by atoms with van der Waals surface area (Å²) >= 11 is 0. The van der Waals surface area contributed by atoms with Crippen molar-refractivity contribution < 1.29 is 22.8 Å². The Bertz CT molecular complexity index is 617. The highest BCUT2D eigenvalue weighted by atomic mass is 19.4. The Morgan fingerprint density at radius 1 is 1.29 bits per heavy atom. The maximum Gasteiger partial charge on any atom is 0.417 e. The smallest absolute Gasteiger partial charge is 0.368 e. The first-order chi connectivity index (χ1) is 9.79. The largest absolute Gasteiger partial charge is 0.417 e. The number of hydrogen-bond acceptors (Lipinski definition) is 3. The van der Waals surface area contributed by atoms with E-state index >= 15 is 0 Å². The van der Waals surface area contributed by atoms with Gasteiger partial charge in [0.05, 0.1) is 11.1 Å². The van der Waals surface area contributed by atoms with Crippen LogP contribution in [-0.2, 0) is 11.0 Å². The Labute approximate surface area is 117 Å². The molecule has 0 aromatic carbocycles. The maximum atomic E-state index is 12.7. The number of aromatic nitrogens is 1. The first-order valence-electron chi connectivity index (χ1n) is 6.43. The second-order valence-electron chi connectivity index (χ2n) is 5.39. The van der Waals surface area contributed by atoms with Gasteiger partial charge < -0.3 is 10.6 Å². The van der Waals surface area contributed by atoms with Gasteiger partial charge in [0.2, 0.25) is 5.91 Å². The third-order valence-corrected chi connectivity index (χ3v) is 3.98. The van der Waals surface area contributed by atoms with Crippen molar-refractivity contribution >= 4 is 11.8 Å². The quantitative estimate of drug-likeness (QED) is 0.891. The zero-order valence-corrected chi connectivity index (χ0v) is 10.8. The molecule has 1 saturated carbocycles. The summed E-state index contributed by atoms with van der Waals surface area (Å²) in [5.41, 5.74) is 4.09. The Balaban J connectivity index is 1.90. The summed E-state index contributed by atoms with van der Waals surface area (Å²) in [6.45, 7) is 0. The zero-order chi connectivity index (χ0) is 15.4. The lowest BCUT2D eigenvalue weighted by Crippen LogP contribution is -2.46. The van der Waals surface area contributed by atoms with E-state index in [1.54, 1.807) is 0 Å². The van der Waals surface area contributed by atoms with E-state index in [1.165, 1.54) is 4.90 Å². The molecule has 112 valence electrons. The normalized spacial score (nSPS) is 27.4. The molecule has 2 amide bonds. The number of halogens is 3. The van der Waals surface area contributed by atoms with Crippen LogP contribution in [0.5, 0.6) is 0 Å². The van der Waals surface area contributed by atoms with Gasteiger partial charge in [0.1, 0.15) is 6.04 Å². The van der Waals surface area contributed by atoms with E-state index in [2.05, 4.69) is 4.98 Å². The van der Waals surface area contributed by atoms with Gasteiger partial charge in [0, 0.05) is 18.4 Å². The molecule has 21 heavy (non-hydrogen) atoms. The molecule has 2 fully saturated rings. The van der Waals surface area contributed by atoms with Gasteiger partial charge in [0.15, 0.2) is 0 Å². The van der Waals surface area contributed by atoms with E-state index < -0.39 is 29.6 Å². The molecule has 1 aliphatic heterocycles. The first-order valence-corrected chi connectivity index (χ1v) is 6.43. The molecule has 2 aliphatic rings. The number of likely N-dealkylation sites (tertiary alicyclic amines) is 1. The number of carbonyl (C=O) groups is 2. The van der Waals surface area contributed by atoms with Crippen molar-refractivity contribution in [3.8, 4) is 0 Å². The van der Waals surface area contributed by atoms with Crippen LogP contribution in [-0.4, -0.2) is 33.8 Å². The number of primary amides is 1. The van der Waals surface area contributed by atoms with E-state index in [0.717, 1.165) is 18.7 Å². The number of rotatable bonds is 2. The SMILES string of the molecule is NC(=O)C1CC2CC2N1C(=O)c1cncc(C(F)(F)F)c1. The topological polar surface area (TPSA) is 76.3 Å². The molecule has 1 aromatic rings. The highest BCUT2D eigenvalue weighted by Gasteiger charge is 2.55. The van der Waals surface area contributed by atoms with Crippen LogP contribution in [0.25, 0.3) is 0 Å². The number of alkyl halides is 3. The van der Waals surface area contributed by atoms with Crippen molar-refractivity contribution in [2.75, 3.05) is 0 Å². The van der Waals surface area contributed by atoms with Gasteiger partial charge in [-0.25, -0.2) is 0 Å². The molecule has 2 N–H and O–H groups in total. The van der Waals surface area contributed by atoms with Crippen molar-refractivity contribution in [1.82, 2.24) is 9.88 Å². The Hall–Kier alpha value is -2.12. The summed E-state index contributed by atoms with van der Waals surface area (Å²) in [4.78, 5) is 28.5. The molecular weight excluding hydrogens is 287 g/mol. The first kappa shape index (κ1) is 13.8. The lowest BCUT2D eigenvalue weighted by atomic mass is 10.1. The van der Waals surface area contributed by atoms with Crippen LogP contribution in [0.15, 0.2) is 18.5 Å². The maximum absolute atomic E-state index is 12.7. The minimum atomic E-state index is -4.57. The molecule has 3 unspecified atom stereocenters. The van der Waals surface area contributed by atoms with E-state index in [4.69, 9.17) is 5.73 Å². The lowest BCUT2D eigenvalue weighted by molar-refractivity contribution is -0.137. The molecule has 8 heteroatoms. The molecular formula is C13H12F3N3O2. The van der Waals surface area contributed by atoms with Gasteiger partial charge in [0.25, 0.3) is 5.91 Å². The zero-order valence-electron chi connectivity index (χ0n) is 10.8. The van der Waals surface area contributed by atoms with Gasteiger partial charge in [-0.3, -0.25) is 14.6 Å². The number of hydrogen-bond donors (Lipinski definition) is 1. The summed E-state index contributed by atoms with van der Waals surface area (Å²) in [5, 5.41) is 0. The highest BCUT2D eigenvalue weighted by molar-refractivity contribution is 5.98. The van der Waals surface area contributed by atoms with Crippen molar-refractivity contribution in [1.29, 1.82) is 0 Å². The van der Waals surface area contributed by atoms with Crippen molar-refractivity contribution in [2.45, 2.75) is 31.1 Å². The Morgan fingerprint density at radius 3 is 2.62 bits per heavy atom. The molecule has 1 saturated heterocycles. The van der Waals surface area contributed by atoms with Crippen molar-refractivity contribution in [3.05, 3.63) is 29.6 Å². The van der Waals surface area contributed by atoms with E-state index in [-0.39, 0.29) is 17.5 Å². The molecule has 0 bridgehead atoms. The Morgan fingerprint density at radius 2 is 2.00 bits per heavy atom. The van der Waals surface area contributed by atoms with Crippen molar-refractivity contribution in [3.63, 3.8) is 0 Å². The van der Waals surface area contributed by atoms with Crippen LogP contribution in [0.3, 0.4) is 0 Å². The summed E-state index contributed by atoms with van der Waals surface area (Å²) in [5.74, 6) is -1.02. The molecule has 1 aromatic heterocycles. The van der Waals surface area contributed by atoms with Gasteiger partial charge >= 0.3 is 6.18 Å². The predicted octanol–water partition coefficient (Wildman–Crippen LogP) is 1.19. The number of pyridine rings is 1. The molecule has 1 aliphatic carbocycles. The summed E-state index contributed by atoms with van der Waals surface area (Å²) in [6, 6.07) is -0.0800. The van der Waals surface area contributed by atoms with Gasteiger partial charge in [-0.1, -0.05) is 0 Å². The summed E-state index contributed by atoms with van der Waals surface area (Å²) in [6.07, 6.45) is -1.59. The fourth-order valence-corrected chi connectivity index (χ4v) is 2.86. The van der Waals surface area contributed by atoms with Gasteiger partial charge in [-0.15, -0.1) is 0 Å². The number of nitrogens with two attached hydrogens (primary N) is 1. The third kappa shape index (κ3) is 2.34. The predicted molar refractivity (Wildman–Crippen MR) is 64.9 cm³/mol. The van der Waals surface area contributed by atoms with Crippen LogP contribution in [0.2, 0.25) is 0 Å². The number of piperidine rings is 1. The second kappa shape index (κ2) is 4.44. The fourth-order valence-electron chi connectivity index (χ4n) is 2.86. The van der Waals surface area contributed by atoms with Crippen LogP contribution < -0.4 is 5.73 Å². The number of amides is 2. The molecule has 0 radical (unpaired) electrons. The molecule has 0 spiro atoms. The standard InChI is InChI=1S/C13H12F3N3O2/c14-13(15,16)8-1-7(4-18-5-8)12(21)19-9-2-6(9)3-10(19)11(17)20/h1,4-6,9-10H,2-3H2,(H2,17,20). The van der Waals surface area contributed by atoms with Crippen LogP contribution >= 0.6 is 0 Å². The number of fused-ring (bicyclic) bond motifs is 1. The molecule has 5 nitrogen and oxygen atoms in total. The van der Waals surface area contributed by atoms with E-state index in [1.807, 2.05) is 0 Å². The summed E-state index contributed by atoms with van der Waals surface area (Å²) < 4.78 is 38.0. The molecule has 3 atom stereocenters. The number of carbonyl (C=O) groups excluding carboxylic acids is 2. The second-order valence-corrected chi connectivity index (χ2v) is 5.39. The minimum Gasteiger partial charge on any atom is -0.368 e. The van der Waals surface area contributed by atoms with E-state index in [0.29, 0.717) is 12.6 Å². The summed E-state index contributed by atoms with van der Waals surface area (Å²) in [7, 11) is 0. The van der Waals surface area contributed by atoms with Gasteiger partial charge in [-0.05, 0) is 24.8 Å². The third-order valence-electron chi connectivity index (χ3n) is 3.98. The minimum absolute atomic E-state index is 0.0930. The van der Waals surface area contributed by atoms with Crippen LogP contribution in [0, 0.1) is 5.92 Å². The average Bonchev–Trinajstić information content (AvgIpc) is 3.08. The number of nitrogens with zero attached hydrogens (tertiary/aromatic N) is 2. The van der Waals surface area contributed by atoms with Crippen LogP contribution in [0.4, 0.5) is 13.2 Å². The van der Waals surface area contributed by atoms with Gasteiger partial charge in [-0.2, -0.15) is 13.2 Å². The molecule has 3 rings (SSSR count). The lowest BCUT2D eigenvalue weighted by Gasteiger charge is -2.25. The Kier molecular flexibility index (Phi) is 2.93. The monoisotopic (exact) mass is 299 g/mol. The average molecular weight is 299 g/mol. The van der Waals surface area contributed by atoms with E-state index in [9.17, 15) is 22.8 Å².